The summed E-state index contributed by atoms with van der Waals surface area (Å²) in [7, 11) is 1.98. The third-order valence-electron chi connectivity index (χ3n) is 3.22. The Hall–Kier alpha value is -1.85. The number of amides is 1. The lowest BCUT2D eigenvalue weighted by molar-refractivity contribution is -0.126. The molecule has 0 bridgehead atoms. The van der Waals surface area contributed by atoms with Gasteiger partial charge in [0.05, 0.1) is 6.10 Å². The van der Waals surface area contributed by atoms with Crippen LogP contribution in [-0.4, -0.2) is 35.3 Å². The molecule has 0 fully saturated rings. The molecule has 0 radical (unpaired) electrons. The monoisotopic (exact) mass is 276 g/mol. The topological polar surface area (TPSA) is 63.5 Å². The molecule has 1 aromatic carbocycles. The maximum absolute atomic E-state index is 11.4. The molecule has 0 aliphatic rings. The minimum atomic E-state index is -0.717. The summed E-state index contributed by atoms with van der Waals surface area (Å²) in [5, 5.41) is 13.8. The molecular formula is C15H20N2O3. The van der Waals surface area contributed by atoms with Gasteiger partial charge in [-0.25, -0.2) is 0 Å². The molecule has 0 spiro atoms. The van der Waals surface area contributed by atoms with Crippen molar-refractivity contribution >= 4 is 16.8 Å². The van der Waals surface area contributed by atoms with Crippen molar-refractivity contribution in [3.8, 4) is 0 Å². The van der Waals surface area contributed by atoms with Gasteiger partial charge < -0.3 is 19.7 Å². The molecule has 1 heterocycles. The zero-order valence-electron chi connectivity index (χ0n) is 11.8. The summed E-state index contributed by atoms with van der Waals surface area (Å²) in [6, 6.07) is 7.78. The van der Waals surface area contributed by atoms with Crippen molar-refractivity contribution in [3.05, 3.63) is 36.0 Å². The van der Waals surface area contributed by atoms with Gasteiger partial charge in [0.1, 0.15) is 6.61 Å². The van der Waals surface area contributed by atoms with E-state index < -0.39 is 6.10 Å². The lowest BCUT2D eigenvalue weighted by Gasteiger charge is -2.12. The lowest BCUT2D eigenvalue weighted by atomic mass is 10.1. The van der Waals surface area contributed by atoms with E-state index in [1.165, 1.54) is 0 Å². The Morgan fingerprint density at radius 3 is 3.00 bits per heavy atom. The van der Waals surface area contributed by atoms with Gasteiger partial charge in [-0.2, -0.15) is 0 Å². The van der Waals surface area contributed by atoms with Gasteiger partial charge in [-0.3, -0.25) is 4.79 Å². The highest BCUT2D eigenvalue weighted by Gasteiger charge is 2.10. The predicted molar refractivity (Wildman–Crippen MR) is 77.4 cm³/mol. The largest absolute Gasteiger partial charge is 0.387 e. The molecule has 0 aliphatic carbocycles. The summed E-state index contributed by atoms with van der Waals surface area (Å²) < 4.78 is 7.02. The van der Waals surface area contributed by atoms with Gasteiger partial charge in [-0.05, 0) is 36.1 Å². The number of carbonyl (C=O) groups is 1. The first-order valence-corrected chi connectivity index (χ1v) is 6.69. The van der Waals surface area contributed by atoms with Crippen LogP contribution >= 0.6 is 0 Å². The molecule has 1 amide bonds. The van der Waals surface area contributed by atoms with E-state index in [0.29, 0.717) is 6.61 Å². The van der Waals surface area contributed by atoms with Gasteiger partial charge in [0.2, 0.25) is 5.91 Å². The number of hydrogen-bond acceptors (Lipinski definition) is 3. The Bertz CT molecular complexity index is 592. The number of aryl methyl sites for hydroxylation is 1. The van der Waals surface area contributed by atoms with E-state index in [0.717, 1.165) is 16.5 Å². The van der Waals surface area contributed by atoms with Crippen molar-refractivity contribution in [3.63, 3.8) is 0 Å². The fraction of sp³-hybridized carbons (Fsp3) is 0.400. The average Bonchev–Trinajstić information content (AvgIpc) is 2.83. The Morgan fingerprint density at radius 1 is 1.45 bits per heavy atom. The highest BCUT2D eigenvalue weighted by Crippen LogP contribution is 2.20. The van der Waals surface area contributed by atoms with E-state index >= 15 is 0 Å². The summed E-state index contributed by atoms with van der Waals surface area (Å²) in [5.74, 6) is -0.216. The first-order chi connectivity index (χ1) is 9.61. The second kappa shape index (κ2) is 6.54. The van der Waals surface area contributed by atoms with Gasteiger partial charge in [0, 0.05) is 31.9 Å². The number of hydrogen-bond donors (Lipinski definition) is 2. The third kappa shape index (κ3) is 3.37. The highest BCUT2D eigenvalue weighted by atomic mass is 16.5. The van der Waals surface area contributed by atoms with Crippen molar-refractivity contribution in [2.75, 3.05) is 19.8 Å². The summed E-state index contributed by atoms with van der Waals surface area (Å²) in [5.41, 5.74) is 1.90. The first-order valence-electron chi connectivity index (χ1n) is 6.69. The SMILES string of the molecule is CCOCC(=O)NCC(O)c1ccc2c(ccn2C)c1. The van der Waals surface area contributed by atoms with Crippen LogP contribution in [0.1, 0.15) is 18.6 Å². The molecule has 1 unspecified atom stereocenters. The zero-order chi connectivity index (χ0) is 14.5. The lowest BCUT2D eigenvalue weighted by Crippen LogP contribution is -2.31. The molecule has 1 aromatic heterocycles. The number of fused-ring (bicyclic) bond motifs is 1. The maximum atomic E-state index is 11.4. The molecule has 2 aromatic rings. The van der Waals surface area contributed by atoms with Crippen molar-refractivity contribution < 1.29 is 14.6 Å². The standard InChI is InChI=1S/C15H20N2O3/c1-3-20-10-15(19)16-9-14(18)12-4-5-13-11(8-12)6-7-17(13)2/h4-8,14,18H,3,9-10H2,1-2H3,(H,16,19). The Balaban J connectivity index is 1.96. The Morgan fingerprint density at radius 2 is 2.25 bits per heavy atom. The van der Waals surface area contributed by atoms with Crippen LogP contribution in [0.3, 0.4) is 0 Å². The van der Waals surface area contributed by atoms with E-state index in [9.17, 15) is 9.90 Å². The number of nitrogens with zero attached hydrogens (tertiary/aromatic N) is 1. The summed E-state index contributed by atoms with van der Waals surface area (Å²) in [6.45, 7) is 2.54. The van der Waals surface area contributed by atoms with Gasteiger partial charge in [-0.15, -0.1) is 0 Å². The van der Waals surface area contributed by atoms with E-state index in [1.807, 2.05) is 49.0 Å². The Kier molecular flexibility index (Phi) is 4.76. The van der Waals surface area contributed by atoms with Crippen molar-refractivity contribution in [1.29, 1.82) is 0 Å². The van der Waals surface area contributed by atoms with Gasteiger partial charge in [-0.1, -0.05) is 6.07 Å². The molecular weight excluding hydrogens is 256 g/mol. The predicted octanol–water partition coefficient (Wildman–Crippen LogP) is 1.36. The van der Waals surface area contributed by atoms with Gasteiger partial charge in [0.15, 0.2) is 0 Å². The zero-order valence-corrected chi connectivity index (χ0v) is 11.8. The Labute approximate surface area is 118 Å². The third-order valence-corrected chi connectivity index (χ3v) is 3.22. The number of aliphatic hydroxyl groups is 1. The summed E-state index contributed by atoms with van der Waals surface area (Å²) >= 11 is 0. The molecule has 5 nitrogen and oxygen atoms in total. The summed E-state index contributed by atoms with van der Waals surface area (Å²) in [4.78, 5) is 11.4. The molecule has 0 saturated carbocycles. The number of aromatic nitrogens is 1. The van der Waals surface area contributed by atoms with E-state index in [4.69, 9.17) is 4.74 Å². The number of nitrogens with one attached hydrogen (secondary N) is 1. The number of carbonyl (C=O) groups excluding carboxylic acids is 1. The van der Waals surface area contributed by atoms with Gasteiger partial charge in [0.25, 0.3) is 0 Å². The molecule has 2 rings (SSSR count). The highest BCUT2D eigenvalue weighted by molar-refractivity contribution is 5.81. The van der Waals surface area contributed by atoms with Gasteiger partial charge >= 0.3 is 0 Å². The van der Waals surface area contributed by atoms with Crippen LogP contribution in [0.4, 0.5) is 0 Å². The molecule has 20 heavy (non-hydrogen) atoms. The fourth-order valence-electron chi connectivity index (χ4n) is 2.08. The smallest absolute Gasteiger partial charge is 0.246 e. The van der Waals surface area contributed by atoms with Crippen LogP contribution in [0.15, 0.2) is 30.5 Å². The van der Waals surface area contributed by atoms with Crippen molar-refractivity contribution in [2.24, 2.45) is 7.05 Å². The molecule has 5 heteroatoms. The second-order valence-corrected chi connectivity index (χ2v) is 4.70. The van der Waals surface area contributed by atoms with Crippen molar-refractivity contribution in [1.82, 2.24) is 9.88 Å². The fourth-order valence-corrected chi connectivity index (χ4v) is 2.08. The van der Waals surface area contributed by atoms with E-state index in [1.54, 1.807) is 0 Å². The van der Waals surface area contributed by atoms with Crippen LogP contribution in [0.2, 0.25) is 0 Å². The van der Waals surface area contributed by atoms with Crippen LogP contribution < -0.4 is 5.32 Å². The maximum Gasteiger partial charge on any atom is 0.246 e. The number of rotatable bonds is 6. The van der Waals surface area contributed by atoms with Crippen LogP contribution in [0, 0.1) is 0 Å². The minimum absolute atomic E-state index is 0.0287. The van der Waals surface area contributed by atoms with Crippen LogP contribution in [-0.2, 0) is 16.6 Å². The molecule has 108 valence electrons. The molecule has 0 saturated heterocycles. The first kappa shape index (κ1) is 14.6. The number of aliphatic hydroxyl groups excluding tert-OH is 1. The molecule has 2 N–H and O–H groups in total. The number of benzene rings is 1. The van der Waals surface area contributed by atoms with Crippen LogP contribution in [0.5, 0.6) is 0 Å². The quantitative estimate of drug-likeness (QED) is 0.837. The average molecular weight is 276 g/mol. The molecule has 0 aliphatic heterocycles. The van der Waals surface area contributed by atoms with Crippen LogP contribution in [0.25, 0.3) is 10.9 Å². The number of ether oxygens (including phenoxy) is 1. The van der Waals surface area contributed by atoms with Crippen molar-refractivity contribution in [2.45, 2.75) is 13.0 Å². The van der Waals surface area contributed by atoms with E-state index in [-0.39, 0.29) is 19.1 Å². The second-order valence-electron chi connectivity index (χ2n) is 4.70. The minimum Gasteiger partial charge on any atom is -0.387 e. The summed E-state index contributed by atoms with van der Waals surface area (Å²) in [6.07, 6.45) is 1.26. The normalized spacial score (nSPS) is 12.6. The van der Waals surface area contributed by atoms with E-state index in [2.05, 4.69) is 5.32 Å². The molecule has 1 atom stereocenters.